The summed E-state index contributed by atoms with van der Waals surface area (Å²) in [6, 6.07) is 8.70. The number of hydrogen-bond acceptors (Lipinski definition) is 1. The quantitative estimate of drug-likeness (QED) is 0.690. The highest BCUT2D eigenvalue weighted by Crippen LogP contribution is 2.19. The van der Waals surface area contributed by atoms with E-state index in [0.717, 1.165) is 13.2 Å². The van der Waals surface area contributed by atoms with Crippen molar-refractivity contribution in [2.75, 3.05) is 6.61 Å². The predicted molar refractivity (Wildman–Crippen MR) is 60.5 cm³/mol. The number of ether oxygens (including phenoxy) is 1. The van der Waals surface area contributed by atoms with E-state index in [1.807, 2.05) is 6.92 Å². The van der Waals surface area contributed by atoms with Gasteiger partial charge in [-0.3, -0.25) is 0 Å². The first-order valence-corrected chi connectivity index (χ1v) is 5.44. The van der Waals surface area contributed by atoms with E-state index in [1.165, 1.54) is 17.5 Å². The zero-order valence-corrected chi connectivity index (χ0v) is 9.42. The summed E-state index contributed by atoms with van der Waals surface area (Å²) in [7, 11) is 0. The second-order valence-electron chi connectivity index (χ2n) is 3.69. The average Bonchev–Trinajstić information content (AvgIpc) is 2.25. The molecular weight excluding hydrogens is 172 g/mol. The van der Waals surface area contributed by atoms with Crippen LogP contribution in [0.1, 0.15) is 44.2 Å². The molecule has 0 aliphatic heterocycles. The van der Waals surface area contributed by atoms with Crippen LogP contribution in [0.15, 0.2) is 24.3 Å². The van der Waals surface area contributed by atoms with Gasteiger partial charge in [-0.05, 0) is 30.4 Å². The number of rotatable bonds is 5. The molecule has 14 heavy (non-hydrogen) atoms. The third kappa shape index (κ3) is 3.15. The van der Waals surface area contributed by atoms with Gasteiger partial charge in [-0.1, -0.05) is 38.1 Å². The van der Waals surface area contributed by atoms with Gasteiger partial charge in [0.2, 0.25) is 0 Å². The van der Waals surface area contributed by atoms with Crippen molar-refractivity contribution in [2.24, 2.45) is 0 Å². The van der Waals surface area contributed by atoms with Crippen LogP contribution in [0.3, 0.4) is 0 Å². The van der Waals surface area contributed by atoms with E-state index >= 15 is 0 Å². The molecule has 0 N–H and O–H groups in total. The summed E-state index contributed by atoms with van der Waals surface area (Å²) in [5.41, 5.74) is 2.70. The van der Waals surface area contributed by atoms with Crippen LogP contribution in [0.25, 0.3) is 0 Å². The van der Waals surface area contributed by atoms with Crippen molar-refractivity contribution in [1.82, 2.24) is 0 Å². The Kier molecular flexibility index (Phi) is 4.68. The summed E-state index contributed by atoms with van der Waals surface area (Å²) in [6.07, 6.45) is 1.19. The zero-order chi connectivity index (χ0) is 10.4. The monoisotopic (exact) mass is 192 g/mol. The highest BCUT2D eigenvalue weighted by Gasteiger charge is 2.02. The Morgan fingerprint density at radius 2 is 2.07 bits per heavy atom. The summed E-state index contributed by atoms with van der Waals surface area (Å²) < 4.78 is 5.39. The molecule has 1 heteroatoms. The van der Waals surface area contributed by atoms with E-state index in [9.17, 15) is 0 Å². The van der Waals surface area contributed by atoms with Gasteiger partial charge in [0.05, 0.1) is 6.61 Å². The molecule has 0 heterocycles. The van der Waals surface area contributed by atoms with Gasteiger partial charge >= 0.3 is 0 Å². The Bertz CT molecular complexity index is 268. The lowest BCUT2D eigenvalue weighted by molar-refractivity contribution is 0.134. The van der Waals surface area contributed by atoms with Crippen LogP contribution in [-0.4, -0.2) is 6.61 Å². The van der Waals surface area contributed by atoms with Crippen LogP contribution < -0.4 is 0 Å². The maximum absolute atomic E-state index is 5.39. The first-order chi connectivity index (χ1) is 6.77. The Morgan fingerprint density at radius 3 is 2.71 bits per heavy atom. The van der Waals surface area contributed by atoms with E-state index < -0.39 is 0 Å². The van der Waals surface area contributed by atoms with Gasteiger partial charge < -0.3 is 4.74 Å². The fourth-order valence-corrected chi connectivity index (χ4v) is 1.45. The lowest BCUT2D eigenvalue weighted by Crippen LogP contribution is -1.95. The molecule has 0 bridgehead atoms. The topological polar surface area (TPSA) is 9.23 Å². The van der Waals surface area contributed by atoms with Gasteiger partial charge in [0, 0.05) is 6.61 Å². The summed E-state index contributed by atoms with van der Waals surface area (Å²) in [4.78, 5) is 0. The summed E-state index contributed by atoms with van der Waals surface area (Å²) in [6.45, 7) is 8.03. The fourth-order valence-electron chi connectivity index (χ4n) is 1.45. The molecular formula is C13H20O. The molecule has 0 saturated carbocycles. The van der Waals surface area contributed by atoms with Gasteiger partial charge in [0.15, 0.2) is 0 Å². The van der Waals surface area contributed by atoms with Crippen LogP contribution in [0.4, 0.5) is 0 Å². The Balaban J connectivity index is 2.68. The van der Waals surface area contributed by atoms with Crippen LogP contribution in [0, 0.1) is 0 Å². The Labute approximate surface area is 87.1 Å². The normalized spacial score (nSPS) is 12.8. The molecule has 1 nitrogen and oxygen atoms in total. The zero-order valence-electron chi connectivity index (χ0n) is 9.42. The Morgan fingerprint density at radius 1 is 1.29 bits per heavy atom. The smallest absolute Gasteiger partial charge is 0.0716 e. The minimum absolute atomic E-state index is 0.650. The van der Waals surface area contributed by atoms with Gasteiger partial charge in [-0.25, -0.2) is 0 Å². The van der Waals surface area contributed by atoms with Gasteiger partial charge in [0.1, 0.15) is 0 Å². The van der Waals surface area contributed by atoms with E-state index in [-0.39, 0.29) is 0 Å². The summed E-state index contributed by atoms with van der Waals surface area (Å²) in [5.74, 6) is 0.650. The van der Waals surface area contributed by atoms with Crippen LogP contribution in [0.5, 0.6) is 0 Å². The number of benzene rings is 1. The third-order valence-electron chi connectivity index (χ3n) is 2.61. The first-order valence-electron chi connectivity index (χ1n) is 5.44. The molecule has 1 atom stereocenters. The SMILES string of the molecule is CCOCc1cccc(C(C)CC)c1. The molecule has 0 aliphatic carbocycles. The highest BCUT2D eigenvalue weighted by atomic mass is 16.5. The van der Waals surface area contributed by atoms with Crippen molar-refractivity contribution in [1.29, 1.82) is 0 Å². The molecule has 0 aliphatic rings. The molecule has 0 saturated heterocycles. The highest BCUT2D eigenvalue weighted by molar-refractivity contribution is 5.25. The molecule has 1 unspecified atom stereocenters. The summed E-state index contributed by atoms with van der Waals surface area (Å²) >= 11 is 0. The molecule has 0 amide bonds. The maximum Gasteiger partial charge on any atom is 0.0716 e. The standard InChI is InChI=1S/C13H20O/c1-4-11(3)13-8-6-7-12(9-13)10-14-5-2/h6-9,11H,4-5,10H2,1-3H3. The van der Waals surface area contributed by atoms with Crippen LogP contribution in [-0.2, 0) is 11.3 Å². The molecule has 1 rings (SSSR count). The van der Waals surface area contributed by atoms with Crippen molar-refractivity contribution in [3.05, 3.63) is 35.4 Å². The maximum atomic E-state index is 5.39. The van der Waals surface area contributed by atoms with Crippen molar-refractivity contribution in [2.45, 2.75) is 39.7 Å². The molecule has 0 radical (unpaired) electrons. The fraction of sp³-hybridized carbons (Fsp3) is 0.538. The van der Waals surface area contributed by atoms with Crippen molar-refractivity contribution < 1.29 is 4.74 Å². The predicted octanol–water partition coefficient (Wildman–Crippen LogP) is 3.74. The largest absolute Gasteiger partial charge is 0.377 e. The van der Waals surface area contributed by atoms with Crippen molar-refractivity contribution in [3.63, 3.8) is 0 Å². The average molecular weight is 192 g/mol. The van der Waals surface area contributed by atoms with E-state index in [4.69, 9.17) is 4.74 Å². The van der Waals surface area contributed by atoms with E-state index in [2.05, 4.69) is 38.1 Å². The lowest BCUT2D eigenvalue weighted by atomic mass is 9.97. The second kappa shape index (κ2) is 5.82. The minimum Gasteiger partial charge on any atom is -0.377 e. The van der Waals surface area contributed by atoms with E-state index in [1.54, 1.807) is 0 Å². The Hall–Kier alpha value is -0.820. The molecule has 0 fully saturated rings. The van der Waals surface area contributed by atoms with Crippen LogP contribution in [0.2, 0.25) is 0 Å². The third-order valence-corrected chi connectivity index (χ3v) is 2.61. The van der Waals surface area contributed by atoms with Crippen LogP contribution >= 0.6 is 0 Å². The molecule has 1 aromatic carbocycles. The van der Waals surface area contributed by atoms with Gasteiger partial charge in [-0.15, -0.1) is 0 Å². The molecule has 78 valence electrons. The minimum atomic E-state index is 0.650. The summed E-state index contributed by atoms with van der Waals surface area (Å²) in [5, 5.41) is 0. The van der Waals surface area contributed by atoms with Gasteiger partial charge in [0.25, 0.3) is 0 Å². The van der Waals surface area contributed by atoms with Crippen molar-refractivity contribution >= 4 is 0 Å². The molecule has 0 spiro atoms. The molecule has 1 aromatic rings. The number of hydrogen-bond donors (Lipinski definition) is 0. The van der Waals surface area contributed by atoms with Gasteiger partial charge in [-0.2, -0.15) is 0 Å². The van der Waals surface area contributed by atoms with E-state index in [0.29, 0.717) is 5.92 Å². The lowest BCUT2D eigenvalue weighted by Gasteiger charge is -2.10. The first kappa shape index (κ1) is 11.3. The van der Waals surface area contributed by atoms with Crippen molar-refractivity contribution in [3.8, 4) is 0 Å². The molecule has 0 aromatic heterocycles. The second-order valence-corrected chi connectivity index (χ2v) is 3.69.